The van der Waals surface area contributed by atoms with Gasteiger partial charge in [0.05, 0.1) is 4.92 Å². The Morgan fingerprint density at radius 3 is 2.55 bits per heavy atom. The lowest BCUT2D eigenvalue weighted by atomic mass is 10.3. The van der Waals surface area contributed by atoms with E-state index in [4.69, 9.17) is 11.6 Å². The maximum absolute atomic E-state index is 12.5. The molecule has 2 rings (SSSR count). The smallest absolute Gasteiger partial charge is 0.258 e. The average molecular weight is 308 g/mol. The summed E-state index contributed by atoms with van der Waals surface area (Å²) in [7, 11) is 0. The monoisotopic (exact) mass is 307 g/mol. The van der Waals surface area contributed by atoms with Gasteiger partial charge in [-0.3, -0.25) is 10.1 Å². The average Bonchev–Trinajstić information content (AvgIpc) is 2.75. The lowest BCUT2D eigenvalue weighted by Crippen LogP contribution is -2.10. The van der Waals surface area contributed by atoms with Gasteiger partial charge in [0.2, 0.25) is 11.1 Å². The molecule has 0 spiro atoms. The minimum absolute atomic E-state index is 0.0749. The fraction of sp³-hybridized carbons (Fsp3) is 0.222. The van der Waals surface area contributed by atoms with E-state index in [1.807, 2.05) is 0 Å². The first-order chi connectivity index (χ1) is 9.20. The lowest BCUT2D eigenvalue weighted by molar-refractivity contribution is -0.385. The van der Waals surface area contributed by atoms with Crippen LogP contribution in [0.2, 0.25) is 5.28 Å². The summed E-state index contributed by atoms with van der Waals surface area (Å²) in [5.41, 5.74) is -1.83. The zero-order valence-corrected chi connectivity index (χ0v) is 10.5. The molecule has 0 amide bonds. The first-order valence-corrected chi connectivity index (χ1v) is 5.39. The van der Waals surface area contributed by atoms with Crippen LogP contribution in [0.3, 0.4) is 0 Å². The number of nitrogens with zero attached hydrogens (tertiary/aromatic N) is 5. The highest BCUT2D eigenvalue weighted by Crippen LogP contribution is 2.30. The first-order valence-electron chi connectivity index (χ1n) is 5.02. The van der Waals surface area contributed by atoms with E-state index in [9.17, 15) is 23.3 Å². The van der Waals surface area contributed by atoms with E-state index in [-0.39, 0.29) is 11.0 Å². The molecule has 0 atom stereocenters. The number of halogens is 4. The van der Waals surface area contributed by atoms with E-state index in [1.165, 1.54) is 6.92 Å². The summed E-state index contributed by atoms with van der Waals surface area (Å²) in [5, 5.41) is 13.8. The van der Waals surface area contributed by atoms with Crippen LogP contribution < -0.4 is 0 Å². The van der Waals surface area contributed by atoms with Gasteiger partial charge in [-0.15, -0.1) is 0 Å². The van der Waals surface area contributed by atoms with Crippen molar-refractivity contribution in [2.45, 2.75) is 13.1 Å². The van der Waals surface area contributed by atoms with Crippen LogP contribution in [0.1, 0.15) is 11.4 Å². The Bertz CT molecular complexity index is 685. The topological polar surface area (TPSA) is 86.7 Å². The quantitative estimate of drug-likeness (QED) is 0.483. The molecule has 0 aromatic carbocycles. The Hall–Kier alpha value is -2.23. The summed E-state index contributed by atoms with van der Waals surface area (Å²) < 4.78 is 38.0. The third-order valence-electron chi connectivity index (χ3n) is 2.29. The van der Waals surface area contributed by atoms with Gasteiger partial charge in [-0.2, -0.15) is 23.3 Å². The summed E-state index contributed by atoms with van der Waals surface area (Å²) in [5.74, 6) is -0.428. The molecule has 0 bridgehead atoms. The number of nitro groups is 1. The second-order valence-electron chi connectivity index (χ2n) is 3.65. The maximum Gasteiger partial charge on any atom is 0.435 e. The van der Waals surface area contributed by atoms with Gasteiger partial charge in [0, 0.05) is 6.20 Å². The van der Waals surface area contributed by atoms with Crippen LogP contribution in [-0.2, 0) is 6.18 Å². The van der Waals surface area contributed by atoms with Crippen LogP contribution in [0.15, 0.2) is 12.3 Å². The fourth-order valence-corrected chi connectivity index (χ4v) is 1.69. The van der Waals surface area contributed by atoms with Crippen molar-refractivity contribution in [3.05, 3.63) is 39.0 Å². The molecule has 0 saturated heterocycles. The van der Waals surface area contributed by atoms with Crippen molar-refractivity contribution >= 4 is 17.3 Å². The lowest BCUT2D eigenvalue weighted by Gasteiger charge is -2.05. The molecular formula is C9H5ClF3N5O2. The molecule has 2 aromatic heterocycles. The van der Waals surface area contributed by atoms with Gasteiger partial charge in [0.25, 0.3) is 0 Å². The molecule has 0 aliphatic carbocycles. The number of rotatable bonds is 2. The van der Waals surface area contributed by atoms with E-state index >= 15 is 0 Å². The van der Waals surface area contributed by atoms with Gasteiger partial charge in [-0.05, 0) is 24.6 Å². The highest BCUT2D eigenvalue weighted by molar-refractivity contribution is 6.28. The molecule has 0 aliphatic rings. The number of hydrogen-bond donors (Lipinski definition) is 0. The van der Waals surface area contributed by atoms with Crippen LogP contribution in [0.4, 0.5) is 18.9 Å². The normalized spacial score (nSPS) is 11.7. The Balaban J connectivity index is 2.63. The van der Waals surface area contributed by atoms with E-state index < -0.39 is 28.3 Å². The molecule has 7 nitrogen and oxygen atoms in total. The zero-order chi connectivity index (χ0) is 15.1. The van der Waals surface area contributed by atoms with Crippen molar-refractivity contribution in [2.75, 3.05) is 0 Å². The summed E-state index contributed by atoms with van der Waals surface area (Å²) in [6.45, 7) is 1.30. The van der Waals surface area contributed by atoms with E-state index in [0.29, 0.717) is 10.7 Å². The number of hydrogen-bond acceptors (Lipinski definition) is 5. The third-order valence-corrected chi connectivity index (χ3v) is 2.46. The Morgan fingerprint density at radius 2 is 2.05 bits per heavy atom. The molecule has 0 aliphatic heterocycles. The van der Waals surface area contributed by atoms with Gasteiger partial charge in [0.1, 0.15) is 5.69 Å². The molecular weight excluding hydrogens is 303 g/mol. The maximum atomic E-state index is 12.5. The van der Waals surface area contributed by atoms with Crippen molar-refractivity contribution in [2.24, 2.45) is 0 Å². The van der Waals surface area contributed by atoms with E-state index in [0.717, 1.165) is 6.20 Å². The highest BCUT2D eigenvalue weighted by Gasteiger charge is 2.34. The second kappa shape index (κ2) is 4.71. The van der Waals surface area contributed by atoms with Crippen LogP contribution in [0.5, 0.6) is 0 Å². The van der Waals surface area contributed by atoms with Gasteiger partial charge >= 0.3 is 11.9 Å². The summed E-state index contributed by atoms with van der Waals surface area (Å²) in [6, 6.07) is 0.676. The standard InChI is InChI=1S/C9H5ClF3N5O2/c1-4-6(18(19)20)7(15-8(10)14-4)17-3-2-5(16-17)9(11,12)13/h2-3H,1H3. The third kappa shape index (κ3) is 2.54. The minimum Gasteiger partial charge on any atom is -0.258 e. The largest absolute Gasteiger partial charge is 0.435 e. The van der Waals surface area contributed by atoms with E-state index in [1.54, 1.807) is 0 Å². The van der Waals surface area contributed by atoms with Crippen LogP contribution >= 0.6 is 11.6 Å². The SMILES string of the molecule is Cc1nc(Cl)nc(-n2ccc(C(F)(F)F)n2)c1[N+](=O)[O-]. The highest BCUT2D eigenvalue weighted by atomic mass is 35.5. The Kier molecular flexibility index (Phi) is 3.34. The Labute approximate surface area is 114 Å². The predicted octanol–water partition coefficient (Wildman–Crippen LogP) is 2.55. The predicted molar refractivity (Wildman–Crippen MR) is 60.6 cm³/mol. The second-order valence-corrected chi connectivity index (χ2v) is 3.99. The summed E-state index contributed by atoms with van der Waals surface area (Å²) >= 11 is 5.57. The number of aromatic nitrogens is 4. The van der Waals surface area contributed by atoms with Crippen molar-refractivity contribution < 1.29 is 18.1 Å². The zero-order valence-electron chi connectivity index (χ0n) is 9.72. The molecule has 0 saturated carbocycles. The molecule has 2 heterocycles. The number of aryl methyl sites for hydroxylation is 1. The van der Waals surface area contributed by atoms with Crippen molar-refractivity contribution in [3.8, 4) is 5.82 Å². The van der Waals surface area contributed by atoms with Crippen LogP contribution in [-0.4, -0.2) is 24.7 Å². The van der Waals surface area contributed by atoms with E-state index in [2.05, 4.69) is 15.1 Å². The molecule has 0 N–H and O–H groups in total. The van der Waals surface area contributed by atoms with Crippen molar-refractivity contribution in [1.29, 1.82) is 0 Å². The van der Waals surface area contributed by atoms with Crippen LogP contribution in [0.25, 0.3) is 5.82 Å². The van der Waals surface area contributed by atoms with Gasteiger partial charge in [-0.25, -0.2) is 9.67 Å². The minimum atomic E-state index is -4.66. The first kappa shape index (κ1) is 14.2. The van der Waals surface area contributed by atoms with Crippen molar-refractivity contribution in [1.82, 2.24) is 19.7 Å². The molecule has 11 heteroatoms. The molecule has 20 heavy (non-hydrogen) atoms. The molecule has 2 aromatic rings. The van der Waals surface area contributed by atoms with Gasteiger partial charge < -0.3 is 0 Å². The van der Waals surface area contributed by atoms with Crippen molar-refractivity contribution in [3.63, 3.8) is 0 Å². The number of alkyl halides is 3. The van der Waals surface area contributed by atoms with Crippen LogP contribution in [0, 0.1) is 17.0 Å². The summed E-state index contributed by atoms with van der Waals surface area (Å²) in [6.07, 6.45) is -3.75. The fourth-order valence-electron chi connectivity index (χ4n) is 1.49. The molecule has 0 unspecified atom stereocenters. The van der Waals surface area contributed by atoms with Gasteiger partial charge in [-0.1, -0.05) is 0 Å². The van der Waals surface area contributed by atoms with Gasteiger partial charge in [0.15, 0.2) is 5.69 Å². The molecule has 106 valence electrons. The molecule has 0 radical (unpaired) electrons. The Morgan fingerprint density at radius 1 is 1.40 bits per heavy atom. The molecule has 0 fully saturated rings. The summed E-state index contributed by atoms with van der Waals surface area (Å²) in [4.78, 5) is 17.3.